The van der Waals surface area contributed by atoms with Crippen LogP contribution >= 0.6 is 0 Å². The first-order chi connectivity index (χ1) is 10.5. The zero-order chi connectivity index (χ0) is 16.1. The molecule has 1 aromatic carbocycles. The van der Waals surface area contributed by atoms with E-state index in [1.54, 1.807) is 13.3 Å². The molecule has 0 saturated carbocycles. The molecule has 0 spiro atoms. The number of aliphatic hydroxyl groups excluding tert-OH is 1. The molecule has 0 fully saturated rings. The lowest BCUT2D eigenvalue weighted by molar-refractivity contribution is -0.146. The number of carbonyl (C=O) groups excluding carboxylic acids is 1. The second kappa shape index (κ2) is 6.62. The second-order valence-corrected chi connectivity index (χ2v) is 4.62. The molecule has 0 radical (unpaired) electrons. The van der Waals surface area contributed by atoms with Crippen molar-refractivity contribution in [2.45, 2.75) is 6.42 Å². The number of H-pyrrole nitrogens is 1. The van der Waals surface area contributed by atoms with Crippen molar-refractivity contribution in [3.05, 3.63) is 59.4 Å². The Kier molecular flexibility index (Phi) is 4.63. The van der Waals surface area contributed by atoms with Crippen LogP contribution in [0.25, 0.3) is 5.76 Å². The zero-order valence-electron chi connectivity index (χ0n) is 11.9. The van der Waals surface area contributed by atoms with Gasteiger partial charge in [-0.1, -0.05) is 12.1 Å². The van der Waals surface area contributed by atoms with Gasteiger partial charge in [-0.15, -0.1) is 0 Å². The average Bonchev–Trinajstić information content (AvgIpc) is 2.96. The number of ketones is 1. The zero-order valence-corrected chi connectivity index (χ0v) is 11.9. The standard InChI is InChI=1S/C16H15NO5/c1-22-12-4-2-10(3-5-12)6-11-8-17-9-13(11)14(18)7-15(19)16(20)21/h2-5,7-9,17-18H,6H2,1H3,(H,20,21). The monoisotopic (exact) mass is 301 g/mol. The highest BCUT2D eigenvalue weighted by Crippen LogP contribution is 2.21. The molecule has 114 valence electrons. The Labute approximate surface area is 126 Å². The van der Waals surface area contributed by atoms with Crippen LogP contribution in [-0.2, 0) is 16.0 Å². The first-order valence-electron chi connectivity index (χ1n) is 6.48. The summed E-state index contributed by atoms with van der Waals surface area (Å²) >= 11 is 0. The SMILES string of the molecule is COc1ccc(Cc2c[nH]cc2C(O)=CC(=O)C(=O)O)cc1. The van der Waals surface area contributed by atoms with Crippen molar-refractivity contribution in [1.29, 1.82) is 0 Å². The highest BCUT2D eigenvalue weighted by atomic mass is 16.5. The number of carboxylic acids is 1. The lowest BCUT2D eigenvalue weighted by Crippen LogP contribution is -2.09. The lowest BCUT2D eigenvalue weighted by atomic mass is 10.0. The molecular weight excluding hydrogens is 286 g/mol. The maximum Gasteiger partial charge on any atom is 0.376 e. The number of rotatable bonds is 6. The van der Waals surface area contributed by atoms with Gasteiger partial charge in [-0.3, -0.25) is 4.79 Å². The fraction of sp³-hybridized carbons (Fsp3) is 0.125. The number of carboxylic acid groups (broad SMARTS) is 1. The van der Waals surface area contributed by atoms with E-state index in [4.69, 9.17) is 9.84 Å². The molecule has 0 aliphatic heterocycles. The Morgan fingerprint density at radius 1 is 1.18 bits per heavy atom. The molecule has 2 aromatic rings. The Morgan fingerprint density at radius 3 is 2.45 bits per heavy atom. The molecule has 0 bridgehead atoms. The van der Waals surface area contributed by atoms with Gasteiger partial charge in [0, 0.05) is 24.0 Å². The molecule has 2 rings (SSSR count). The molecule has 3 N–H and O–H groups in total. The fourth-order valence-electron chi connectivity index (χ4n) is 2.01. The second-order valence-electron chi connectivity index (χ2n) is 4.62. The quantitative estimate of drug-likeness (QED) is 0.431. The molecule has 1 aromatic heterocycles. The largest absolute Gasteiger partial charge is 0.507 e. The number of aromatic amines is 1. The first kappa shape index (κ1) is 15.4. The van der Waals surface area contributed by atoms with E-state index in [-0.39, 0.29) is 5.76 Å². The number of aliphatic carboxylic acids is 1. The summed E-state index contributed by atoms with van der Waals surface area (Å²) in [7, 11) is 1.58. The van der Waals surface area contributed by atoms with Crippen LogP contribution in [0.2, 0.25) is 0 Å². The summed E-state index contributed by atoms with van der Waals surface area (Å²) in [5, 5.41) is 18.5. The van der Waals surface area contributed by atoms with Gasteiger partial charge in [-0.2, -0.15) is 0 Å². The smallest absolute Gasteiger partial charge is 0.376 e. The Morgan fingerprint density at radius 2 is 1.86 bits per heavy atom. The normalized spacial score (nSPS) is 11.2. The number of ether oxygens (including phenoxy) is 1. The molecule has 0 atom stereocenters. The molecule has 22 heavy (non-hydrogen) atoms. The van der Waals surface area contributed by atoms with Crippen molar-refractivity contribution < 1.29 is 24.5 Å². The third kappa shape index (κ3) is 3.54. The molecule has 6 heteroatoms. The lowest BCUT2D eigenvalue weighted by Gasteiger charge is -2.05. The fourth-order valence-corrected chi connectivity index (χ4v) is 2.01. The maximum absolute atomic E-state index is 11.1. The average molecular weight is 301 g/mol. The Balaban J connectivity index is 2.21. The molecule has 0 aliphatic rings. The van der Waals surface area contributed by atoms with E-state index in [9.17, 15) is 14.7 Å². The minimum atomic E-state index is -1.61. The topological polar surface area (TPSA) is 99.6 Å². The van der Waals surface area contributed by atoms with Gasteiger partial charge in [0.05, 0.1) is 7.11 Å². The summed E-state index contributed by atoms with van der Waals surface area (Å²) in [4.78, 5) is 24.5. The summed E-state index contributed by atoms with van der Waals surface area (Å²) in [5.41, 5.74) is 2.13. The van der Waals surface area contributed by atoms with Gasteiger partial charge < -0.3 is 19.9 Å². The number of methoxy groups -OCH3 is 1. The highest BCUT2D eigenvalue weighted by Gasteiger charge is 2.14. The number of hydrogen-bond donors (Lipinski definition) is 3. The van der Waals surface area contributed by atoms with Gasteiger partial charge in [0.2, 0.25) is 0 Å². The van der Waals surface area contributed by atoms with Crippen molar-refractivity contribution in [1.82, 2.24) is 4.98 Å². The summed E-state index contributed by atoms with van der Waals surface area (Å²) < 4.78 is 5.08. The molecule has 0 amide bonds. The Bertz CT molecular complexity index is 712. The first-order valence-corrected chi connectivity index (χ1v) is 6.48. The van der Waals surface area contributed by atoms with E-state index in [1.165, 1.54) is 6.20 Å². The number of carbonyl (C=O) groups is 2. The number of aliphatic hydroxyl groups is 1. The highest BCUT2D eigenvalue weighted by molar-refractivity contribution is 6.38. The van der Waals surface area contributed by atoms with Crippen molar-refractivity contribution in [3.8, 4) is 5.75 Å². The number of nitrogens with one attached hydrogen (secondary N) is 1. The van der Waals surface area contributed by atoms with E-state index >= 15 is 0 Å². The van der Waals surface area contributed by atoms with Crippen molar-refractivity contribution in [3.63, 3.8) is 0 Å². The van der Waals surface area contributed by atoms with Gasteiger partial charge in [-0.05, 0) is 29.7 Å². The van der Waals surface area contributed by atoms with Crippen LogP contribution in [0, 0.1) is 0 Å². The van der Waals surface area contributed by atoms with Crippen molar-refractivity contribution >= 4 is 17.5 Å². The number of hydrogen-bond acceptors (Lipinski definition) is 4. The van der Waals surface area contributed by atoms with Crippen molar-refractivity contribution in [2.24, 2.45) is 0 Å². The van der Waals surface area contributed by atoms with E-state index < -0.39 is 11.8 Å². The van der Waals surface area contributed by atoms with Crippen LogP contribution < -0.4 is 4.74 Å². The van der Waals surface area contributed by atoms with E-state index in [0.29, 0.717) is 18.1 Å². The van der Waals surface area contributed by atoms with Gasteiger partial charge in [0.25, 0.3) is 5.78 Å². The predicted molar refractivity (Wildman–Crippen MR) is 79.8 cm³/mol. The van der Waals surface area contributed by atoms with Crippen LogP contribution in [0.15, 0.2) is 42.7 Å². The van der Waals surface area contributed by atoms with Gasteiger partial charge in [0.15, 0.2) is 0 Å². The van der Waals surface area contributed by atoms with Gasteiger partial charge in [-0.25, -0.2) is 4.79 Å². The van der Waals surface area contributed by atoms with Gasteiger partial charge in [0.1, 0.15) is 11.5 Å². The van der Waals surface area contributed by atoms with E-state index in [1.807, 2.05) is 24.3 Å². The molecule has 0 unspecified atom stereocenters. The molecule has 1 heterocycles. The summed E-state index contributed by atoms with van der Waals surface area (Å²) in [6.07, 6.45) is 4.42. The molecule has 6 nitrogen and oxygen atoms in total. The minimum Gasteiger partial charge on any atom is -0.507 e. The molecular formula is C16H15NO5. The maximum atomic E-state index is 11.1. The predicted octanol–water partition coefficient (Wildman–Crippen LogP) is 2.17. The third-order valence-corrected chi connectivity index (χ3v) is 3.14. The van der Waals surface area contributed by atoms with Crippen LogP contribution in [-0.4, -0.2) is 34.1 Å². The van der Waals surface area contributed by atoms with Crippen molar-refractivity contribution in [2.75, 3.05) is 7.11 Å². The Hall–Kier alpha value is -3.02. The number of benzene rings is 1. The van der Waals surface area contributed by atoms with Gasteiger partial charge >= 0.3 is 5.97 Å². The van der Waals surface area contributed by atoms with E-state index in [0.717, 1.165) is 16.9 Å². The van der Waals surface area contributed by atoms with Crippen LogP contribution in [0.1, 0.15) is 16.7 Å². The van der Waals surface area contributed by atoms with Crippen LogP contribution in [0.4, 0.5) is 0 Å². The number of aromatic nitrogens is 1. The molecule has 0 aliphatic carbocycles. The van der Waals surface area contributed by atoms with Crippen LogP contribution in [0.5, 0.6) is 5.75 Å². The minimum absolute atomic E-state index is 0.378. The van der Waals surface area contributed by atoms with Crippen LogP contribution in [0.3, 0.4) is 0 Å². The summed E-state index contributed by atoms with van der Waals surface area (Å²) in [5.74, 6) is -2.42. The van der Waals surface area contributed by atoms with E-state index in [2.05, 4.69) is 4.98 Å². The third-order valence-electron chi connectivity index (χ3n) is 3.14. The summed E-state index contributed by atoms with van der Waals surface area (Å²) in [6, 6.07) is 7.42. The molecule has 0 saturated heterocycles. The summed E-state index contributed by atoms with van der Waals surface area (Å²) in [6.45, 7) is 0.